The molecule has 0 unspecified atom stereocenters. The standard InChI is InChI=1S/C24H20F2N2O4/c1-14-3-6-17(27-22(14)15-4-8-21(30)28(2)13-15)12-20(29)23(9-10-23)16-5-7-18-19(11-16)32-24(25,26)31-18/h3-8,11,13H,9-10,12H2,1-2H3. The number of carbonyl (C=O) groups is 1. The monoisotopic (exact) mass is 438 g/mol. The van der Waals surface area contributed by atoms with Crippen LogP contribution in [-0.4, -0.2) is 21.6 Å². The SMILES string of the molecule is Cc1ccc(CC(=O)C2(c3ccc4c(c3)OC(F)(F)O4)CC2)nc1-c1ccc(=O)n(C)c1. The molecule has 3 aromatic rings. The number of rotatable bonds is 5. The molecule has 0 amide bonds. The van der Waals surface area contributed by atoms with Gasteiger partial charge in [0.05, 0.1) is 11.1 Å². The summed E-state index contributed by atoms with van der Waals surface area (Å²) in [6.07, 6.45) is -0.578. The van der Waals surface area contributed by atoms with Gasteiger partial charge in [-0.05, 0) is 55.2 Å². The van der Waals surface area contributed by atoms with E-state index in [-0.39, 0.29) is 29.3 Å². The highest BCUT2D eigenvalue weighted by molar-refractivity contribution is 5.94. The van der Waals surface area contributed by atoms with Crippen molar-refractivity contribution in [2.75, 3.05) is 0 Å². The van der Waals surface area contributed by atoms with Crippen molar-refractivity contribution >= 4 is 5.78 Å². The van der Waals surface area contributed by atoms with E-state index in [2.05, 4.69) is 14.5 Å². The summed E-state index contributed by atoms with van der Waals surface area (Å²) in [5.41, 5.74) is 2.85. The minimum absolute atomic E-state index is 0.0223. The summed E-state index contributed by atoms with van der Waals surface area (Å²) < 4.78 is 37.2. The van der Waals surface area contributed by atoms with E-state index in [1.54, 1.807) is 25.4 Å². The first-order valence-corrected chi connectivity index (χ1v) is 10.2. The van der Waals surface area contributed by atoms with Crippen molar-refractivity contribution in [3.8, 4) is 22.8 Å². The number of benzene rings is 1. The third-order valence-electron chi connectivity index (χ3n) is 6.09. The topological polar surface area (TPSA) is 70.4 Å². The first kappa shape index (κ1) is 20.4. The lowest BCUT2D eigenvalue weighted by atomic mass is 9.88. The van der Waals surface area contributed by atoms with Gasteiger partial charge in [-0.25, -0.2) is 0 Å². The van der Waals surface area contributed by atoms with Gasteiger partial charge < -0.3 is 14.0 Å². The zero-order valence-corrected chi connectivity index (χ0v) is 17.5. The first-order chi connectivity index (χ1) is 15.2. The molecule has 0 saturated heterocycles. The van der Waals surface area contributed by atoms with Crippen LogP contribution < -0.4 is 15.0 Å². The number of alkyl halides is 2. The van der Waals surface area contributed by atoms with Crippen LogP contribution in [0.4, 0.5) is 8.78 Å². The van der Waals surface area contributed by atoms with Crippen LogP contribution in [0.5, 0.6) is 11.5 Å². The molecule has 32 heavy (non-hydrogen) atoms. The van der Waals surface area contributed by atoms with E-state index in [9.17, 15) is 18.4 Å². The number of ketones is 1. The Bertz CT molecular complexity index is 1310. The Balaban J connectivity index is 1.41. The largest absolute Gasteiger partial charge is 0.586 e. The first-order valence-electron chi connectivity index (χ1n) is 10.2. The number of aromatic nitrogens is 2. The Morgan fingerprint density at radius 3 is 2.56 bits per heavy atom. The highest BCUT2D eigenvalue weighted by Crippen LogP contribution is 2.52. The van der Waals surface area contributed by atoms with E-state index in [0.717, 1.165) is 11.1 Å². The lowest BCUT2D eigenvalue weighted by Crippen LogP contribution is -2.26. The Labute approximate surface area is 182 Å². The molecule has 0 atom stereocenters. The average molecular weight is 438 g/mol. The quantitative estimate of drug-likeness (QED) is 0.604. The number of fused-ring (bicyclic) bond motifs is 1. The number of pyridine rings is 2. The van der Waals surface area contributed by atoms with Crippen molar-refractivity contribution in [2.45, 2.75) is 37.9 Å². The summed E-state index contributed by atoms with van der Waals surface area (Å²) in [5, 5.41) is 0. The molecule has 8 heteroatoms. The maximum atomic E-state index is 13.3. The van der Waals surface area contributed by atoms with Gasteiger partial charge in [0.2, 0.25) is 5.56 Å². The summed E-state index contributed by atoms with van der Waals surface area (Å²) >= 11 is 0. The molecule has 3 heterocycles. The van der Waals surface area contributed by atoms with Crippen molar-refractivity contribution in [1.82, 2.24) is 9.55 Å². The molecule has 164 valence electrons. The van der Waals surface area contributed by atoms with Gasteiger partial charge in [0.1, 0.15) is 5.78 Å². The molecule has 0 bridgehead atoms. The van der Waals surface area contributed by atoms with Gasteiger partial charge in [0.25, 0.3) is 0 Å². The van der Waals surface area contributed by atoms with Crippen LogP contribution in [-0.2, 0) is 23.7 Å². The predicted molar refractivity (Wildman–Crippen MR) is 112 cm³/mol. The van der Waals surface area contributed by atoms with E-state index < -0.39 is 11.7 Å². The molecule has 0 radical (unpaired) electrons. The Morgan fingerprint density at radius 2 is 1.84 bits per heavy atom. The van der Waals surface area contributed by atoms with Crippen LogP contribution >= 0.6 is 0 Å². The number of Topliss-reactive ketones (excluding diaryl/α,β-unsaturated/α-hetero) is 1. The second-order valence-corrected chi connectivity index (χ2v) is 8.35. The number of carbonyl (C=O) groups excluding carboxylic acids is 1. The molecule has 1 aromatic carbocycles. The van der Waals surface area contributed by atoms with Crippen LogP contribution in [0.15, 0.2) is 53.5 Å². The van der Waals surface area contributed by atoms with Gasteiger partial charge in [-0.2, -0.15) is 0 Å². The summed E-state index contributed by atoms with van der Waals surface area (Å²) in [4.78, 5) is 29.6. The molecule has 1 saturated carbocycles. The molecule has 2 aliphatic rings. The van der Waals surface area contributed by atoms with Crippen molar-refractivity contribution < 1.29 is 23.0 Å². The van der Waals surface area contributed by atoms with Crippen LogP contribution in [0.2, 0.25) is 0 Å². The summed E-state index contributed by atoms with van der Waals surface area (Å²) in [5.74, 6) is -0.119. The highest BCUT2D eigenvalue weighted by atomic mass is 19.3. The maximum Gasteiger partial charge on any atom is 0.586 e. The fraction of sp³-hybridized carbons (Fsp3) is 0.292. The minimum atomic E-state index is -3.69. The van der Waals surface area contributed by atoms with Crippen molar-refractivity contribution in [1.29, 1.82) is 0 Å². The fourth-order valence-electron chi connectivity index (χ4n) is 4.13. The lowest BCUT2D eigenvalue weighted by Gasteiger charge is -2.16. The van der Waals surface area contributed by atoms with E-state index in [4.69, 9.17) is 0 Å². The fourth-order valence-corrected chi connectivity index (χ4v) is 4.13. The number of ether oxygens (including phenoxy) is 2. The number of aryl methyl sites for hydroxylation is 2. The van der Waals surface area contributed by atoms with E-state index >= 15 is 0 Å². The average Bonchev–Trinajstić information content (AvgIpc) is 3.48. The normalized spacial score (nSPS) is 17.2. The number of halogens is 2. The molecule has 0 N–H and O–H groups in total. The molecule has 0 spiro atoms. The van der Waals surface area contributed by atoms with Gasteiger partial charge in [-0.1, -0.05) is 12.1 Å². The van der Waals surface area contributed by atoms with Crippen LogP contribution in [0.1, 0.15) is 29.7 Å². The maximum absolute atomic E-state index is 13.3. The van der Waals surface area contributed by atoms with Gasteiger partial charge in [0.15, 0.2) is 11.5 Å². The molecule has 2 aromatic heterocycles. The number of hydrogen-bond acceptors (Lipinski definition) is 5. The smallest absolute Gasteiger partial charge is 0.395 e. The summed E-state index contributed by atoms with van der Waals surface area (Å²) in [6, 6.07) is 11.4. The van der Waals surface area contributed by atoms with E-state index in [1.807, 2.05) is 19.1 Å². The van der Waals surface area contributed by atoms with E-state index in [1.165, 1.54) is 22.8 Å². The Kier molecular flexibility index (Phi) is 4.44. The third kappa shape index (κ3) is 3.45. The van der Waals surface area contributed by atoms with Gasteiger partial charge in [-0.15, -0.1) is 8.78 Å². The molecule has 5 rings (SSSR count). The molecule has 6 nitrogen and oxygen atoms in total. The predicted octanol–water partition coefficient (Wildman–Crippen LogP) is 3.92. The minimum Gasteiger partial charge on any atom is -0.395 e. The third-order valence-corrected chi connectivity index (χ3v) is 6.09. The Morgan fingerprint density at radius 1 is 1.09 bits per heavy atom. The van der Waals surface area contributed by atoms with Gasteiger partial charge in [-0.3, -0.25) is 14.6 Å². The zero-order valence-electron chi connectivity index (χ0n) is 17.5. The second kappa shape index (κ2) is 6.98. The van der Waals surface area contributed by atoms with Crippen LogP contribution in [0, 0.1) is 6.92 Å². The Hall–Kier alpha value is -3.55. The molecule has 1 aliphatic carbocycles. The van der Waals surface area contributed by atoms with Crippen molar-refractivity contribution in [3.05, 3.63) is 75.8 Å². The number of nitrogens with zero attached hydrogens (tertiary/aromatic N) is 2. The zero-order chi connectivity index (χ0) is 22.7. The molecular weight excluding hydrogens is 418 g/mol. The number of hydrogen-bond donors (Lipinski definition) is 0. The molecule has 1 fully saturated rings. The summed E-state index contributed by atoms with van der Waals surface area (Å²) in [7, 11) is 1.67. The lowest BCUT2D eigenvalue weighted by molar-refractivity contribution is -0.286. The van der Waals surface area contributed by atoms with Gasteiger partial charge in [0, 0.05) is 37.0 Å². The van der Waals surface area contributed by atoms with Crippen molar-refractivity contribution in [3.63, 3.8) is 0 Å². The van der Waals surface area contributed by atoms with Crippen LogP contribution in [0.3, 0.4) is 0 Å². The molecular formula is C24H20F2N2O4. The van der Waals surface area contributed by atoms with Crippen molar-refractivity contribution in [2.24, 2.45) is 7.05 Å². The van der Waals surface area contributed by atoms with Crippen LogP contribution in [0.25, 0.3) is 11.3 Å². The highest BCUT2D eigenvalue weighted by Gasteiger charge is 2.52. The second-order valence-electron chi connectivity index (χ2n) is 8.35. The summed E-state index contributed by atoms with van der Waals surface area (Å²) in [6.45, 7) is 1.92. The van der Waals surface area contributed by atoms with Gasteiger partial charge >= 0.3 is 6.29 Å². The molecule has 1 aliphatic heterocycles. The van der Waals surface area contributed by atoms with E-state index in [0.29, 0.717) is 29.8 Å².